The molecule has 6 rings (SSSR count). The van der Waals surface area contributed by atoms with Crippen molar-refractivity contribution in [3.8, 4) is 0 Å². The Morgan fingerprint density at radius 2 is 1.41 bits per heavy atom. The highest BCUT2D eigenvalue weighted by atomic mass is 15.3. The SMILES string of the molecule is Cn1cc(C2CCCN2c2nc(N3CCCC3c3cnn(C)c3)c3ccccc3n2)cn1. The van der Waals surface area contributed by atoms with Crippen LogP contribution in [0.2, 0.25) is 0 Å². The zero-order chi connectivity index (χ0) is 21.7. The average Bonchev–Trinajstić information content (AvgIpc) is 3.59. The second-order valence-electron chi connectivity index (χ2n) is 8.96. The topological polar surface area (TPSA) is 67.9 Å². The Balaban J connectivity index is 1.44. The van der Waals surface area contributed by atoms with Gasteiger partial charge in [-0.1, -0.05) is 12.1 Å². The monoisotopic (exact) mass is 428 g/mol. The molecule has 2 aliphatic rings. The zero-order valence-corrected chi connectivity index (χ0v) is 18.6. The van der Waals surface area contributed by atoms with Crippen molar-refractivity contribution in [1.29, 1.82) is 0 Å². The van der Waals surface area contributed by atoms with Crippen molar-refractivity contribution >= 4 is 22.7 Å². The molecule has 8 heteroatoms. The molecule has 2 saturated heterocycles. The van der Waals surface area contributed by atoms with E-state index in [4.69, 9.17) is 9.97 Å². The van der Waals surface area contributed by atoms with Gasteiger partial charge in [0.15, 0.2) is 0 Å². The van der Waals surface area contributed by atoms with Gasteiger partial charge in [-0.3, -0.25) is 9.36 Å². The zero-order valence-electron chi connectivity index (χ0n) is 18.6. The molecule has 8 nitrogen and oxygen atoms in total. The number of aromatic nitrogens is 6. The molecular weight excluding hydrogens is 400 g/mol. The number of hydrogen-bond donors (Lipinski definition) is 0. The third-order valence-electron chi connectivity index (χ3n) is 6.83. The van der Waals surface area contributed by atoms with Crippen LogP contribution in [0.1, 0.15) is 48.9 Å². The highest BCUT2D eigenvalue weighted by molar-refractivity contribution is 5.91. The third-order valence-corrected chi connectivity index (χ3v) is 6.83. The highest BCUT2D eigenvalue weighted by Crippen LogP contribution is 2.40. The number of nitrogens with zero attached hydrogens (tertiary/aromatic N) is 8. The van der Waals surface area contributed by atoms with Gasteiger partial charge in [0.25, 0.3) is 0 Å². The highest BCUT2D eigenvalue weighted by Gasteiger charge is 2.33. The van der Waals surface area contributed by atoms with Gasteiger partial charge in [-0.2, -0.15) is 15.2 Å². The molecule has 0 amide bonds. The summed E-state index contributed by atoms with van der Waals surface area (Å²) in [6, 6.07) is 8.96. The van der Waals surface area contributed by atoms with Gasteiger partial charge in [-0.15, -0.1) is 0 Å². The lowest BCUT2D eigenvalue weighted by molar-refractivity contribution is 0.690. The van der Waals surface area contributed by atoms with Crippen molar-refractivity contribution in [1.82, 2.24) is 29.5 Å². The van der Waals surface area contributed by atoms with Crippen LogP contribution in [0.15, 0.2) is 49.1 Å². The Morgan fingerprint density at radius 1 is 0.781 bits per heavy atom. The second-order valence-corrected chi connectivity index (χ2v) is 8.96. The molecule has 0 aliphatic carbocycles. The summed E-state index contributed by atoms with van der Waals surface area (Å²) < 4.78 is 3.76. The Bertz CT molecular complexity index is 1260. The van der Waals surface area contributed by atoms with Crippen molar-refractivity contribution in [3.05, 3.63) is 60.2 Å². The predicted molar refractivity (Wildman–Crippen MR) is 125 cm³/mol. The van der Waals surface area contributed by atoms with Gasteiger partial charge >= 0.3 is 0 Å². The molecular formula is C24H28N8. The molecule has 1 aromatic carbocycles. The fraction of sp³-hybridized carbons (Fsp3) is 0.417. The summed E-state index contributed by atoms with van der Waals surface area (Å²) in [6.45, 7) is 1.95. The molecule has 0 N–H and O–H groups in total. The largest absolute Gasteiger partial charge is 0.349 e. The Morgan fingerprint density at radius 3 is 2.06 bits per heavy atom. The van der Waals surface area contributed by atoms with Gasteiger partial charge < -0.3 is 9.80 Å². The maximum absolute atomic E-state index is 5.22. The third kappa shape index (κ3) is 3.21. The first-order valence-electron chi connectivity index (χ1n) is 11.4. The van der Waals surface area contributed by atoms with Crippen LogP contribution in [0, 0.1) is 0 Å². The van der Waals surface area contributed by atoms with Crippen LogP contribution < -0.4 is 9.80 Å². The summed E-state index contributed by atoms with van der Waals surface area (Å²) in [5.41, 5.74) is 3.49. The lowest BCUT2D eigenvalue weighted by Crippen LogP contribution is -2.28. The van der Waals surface area contributed by atoms with Gasteiger partial charge in [0.2, 0.25) is 5.95 Å². The standard InChI is InChI=1S/C24H28N8/c1-29-15-17(13-25-29)21-9-5-11-31(21)23-19-7-3-4-8-20(19)27-24(28-23)32-12-6-10-22(32)18-14-26-30(2)16-18/h3-4,7-8,13-16,21-22H,5-6,9-12H2,1-2H3. The number of anilines is 2. The van der Waals surface area contributed by atoms with Crippen LogP contribution in [0.4, 0.5) is 11.8 Å². The smallest absolute Gasteiger partial charge is 0.228 e. The van der Waals surface area contributed by atoms with Crippen molar-refractivity contribution in [2.45, 2.75) is 37.8 Å². The van der Waals surface area contributed by atoms with Gasteiger partial charge in [0.1, 0.15) is 5.82 Å². The average molecular weight is 429 g/mol. The number of para-hydroxylation sites is 1. The molecule has 2 atom stereocenters. The van der Waals surface area contributed by atoms with E-state index in [1.54, 1.807) is 0 Å². The van der Waals surface area contributed by atoms with Crippen LogP contribution >= 0.6 is 0 Å². The van der Waals surface area contributed by atoms with Crippen molar-refractivity contribution in [2.24, 2.45) is 14.1 Å². The van der Waals surface area contributed by atoms with Crippen LogP contribution in [0.5, 0.6) is 0 Å². The molecule has 32 heavy (non-hydrogen) atoms. The van der Waals surface area contributed by atoms with Crippen LogP contribution in [0.3, 0.4) is 0 Å². The summed E-state index contributed by atoms with van der Waals surface area (Å²) >= 11 is 0. The number of hydrogen-bond acceptors (Lipinski definition) is 6. The van der Waals surface area contributed by atoms with Gasteiger partial charge in [0, 0.05) is 56.1 Å². The number of benzene rings is 1. The molecule has 2 unspecified atom stereocenters. The van der Waals surface area contributed by atoms with Crippen LogP contribution in [-0.4, -0.2) is 42.6 Å². The normalized spacial score (nSPS) is 21.2. The first kappa shape index (κ1) is 19.3. The van der Waals surface area contributed by atoms with Gasteiger partial charge in [0.05, 0.1) is 30.0 Å². The van der Waals surface area contributed by atoms with E-state index in [1.165, 1.54) is 11.1 Å². The maximum atomic E-state index is 5.22. The van der Waals surface area contributed by atoms with E-state index in [2.05, 4.69) is 56.7 Å². The molecule has 0 spiro atoms. The molecule has 164 valence electrons. The van der Waals surface area contributed by atoms with E-state index in [9.17, 15) is 0 Å². The molecule has 3 aromatic heterocycles. The van der Waals surface area contributed by atoms with Crippen molar-refractivity contribution in [2.75, 3.05) is 22.9 Å². The summed E-state index contributed by atoms with van der Waals surface area (Å²) in [4.78, 5) is 15.1. The fourth-order valence-electron chi connectivity index (χ4n) is 5.34. The molecule has 0 saturated carbocycles. The molecule has 4 aromatic rings. The lowest BCUT2D eigenvalue weighted by Gasteiger charge is -2.29. The quantitative estimate of drug-likeness (QED) is 0.493. The second kappa shape index (κ2) is 7.62. The first-order chi connectivity index (χ1) is 15.7. The minimum Gasteiger partial charge on any atom is -0.349 e. The summed E-state index contributed by atoms with van der Waals surface area (Å²) in [5.74, 6) is 1.86. The van der Waals surface area contributed by atoms with E-state index >= 15 is 0 Å². The van der Waals surface area contributed by atoms with E-state index in [-0.39, 0.29) is 6.04 Å². The number of aryl methyl sites for hydroxylation is 2. The minimum absolute atomic E-state index is 0.269. The minimum atomic E-state index is 0.269. The van der Waals surface area contributed by atoms with Gasteiger partial charge in [-0.05, 0) is 37.8 Å². The van der Waals surface area contributed by atoms with Gasteiger partial charge in [-0.25, -0.2) is 4.98 Å². The first-order valence-corrected chi connectivity index (χ1v) is 11.4. The molecule has 2 aliphatic heterocycles. The van der Waals surface area contributed by atoms with Crippen LogP contribution in [0.25, 0.3) is 10.9 Å². The van der Waals surface area contributed by atoms with E-state index in [1.807, 2.05) is 35.9 Å². The fourth-order valence-corrected chi connectivity index (χ4v) is 5.34. The summed E-state index contributed by atoms with van der Waals surface area (Å²) in [6.07, 6.45) is 12.7. The summed E-state index contributed by atoms with van der Waals surface area (Å²) in [7, 11) is 3.95. The Labute approximate surface area is 187 Å². The van der Waals surface area contributed by atoms with E-state index in [0.29, 0.717) is 6.04 Å². The van der Waals surface area contributed by atoms with Crippen molar-refractivity contribution < 1.29 is 0 Å². The van der Waals surface area contributed by atoms with Crippen LogP contribution in [-0.2, 0) is 14.1 Å². The molecule has 2 fully saturated rings. The van der Waals surface area contributed by atoms with E-state index < -0.39 is 0 Å². The van der Waals surface area contributed by atoms with E-state index in [0.717, 1.165) is 61.4 Å². The Hall–Kier alpha value is -3.42. The molecule has 5 heterocycles. The lowest BCUT2D eigenvalue weighted by atomic mass is 10.1. The number of fused-ring (bicyclic) bond motifs is 1. The molecule has 0 bridgehead atoms. The molecule has 0 radical (unpaired) electrons. The van der Waals surface area contributed by atoms with Crippen molar-refractivity contribution in [3.63, 3.8) is 0 Å². The summed E-state index contributed by atoms with van der Waals surface area (Å²) in [5, 5.41) is 9.93. The number of rotatable bonds is 4. The Kier molecular flexibility index (Phi) is 4.59. The predicted octanol–water partition coefficient (Wildman–Crippen LogP) is 3.78. The maximum Gasteiger partial charge on any atom is 0.228 e.